The highest BCUT2D eigenvalue weighted by atomic mass is 32.2. The van der Waals surface area contributed by atoms with E-state index in [1.54, 1.807) is 11.8 Å². The second kappa shape index (κ2) is 6.55. The minimum atomic E-state index is -0.0719. The largest absolute Gasteiger partial charge is 0.355 e. The summed E-state index contributed by atoms with van der Waals surface area (Å²) in [4.78, 5) is 12.8. The SMILES string of the molecule is Cc1cccc(Sc2n[nH]c3nc(N4CCC(C)(N)CC4)cnc23)c1C. The average molecular weight is 369 g/mol. The molecule has 0 atom stereocenters. The van der Waals surface area contributed by atoms with Crippen LogP contribution in [0.3, 0.4) is 0 Å². The molecule has 3 aromatic rings. The summed E-state index contributed by atoms with van der Waals surface area (Å²) in [5.41, 5.74) is 10.3. The van der Waals surface area contributed by atoms with Gasteiger partial charge in [-0.3, -0.25) is 5.10 Å². The lowest BCUT2D eigenvalue weighted by Gasteiger charge is -2.37. The van der Waals surface area contributed by atoms with Crippen molar-refractivity contribution in [3.8, 4) is 0 Å². The lowest BCUT2D eigenvalue weighted by molar-refractivity contribution is 0.363. The minimum Gasteiger partial charge on any atom is -0.355 e. The van der Waals surface area contributed by atoms with Crippen LogP contribution in [0, 0.1) is 13.8 Å². The number of rotatable bonds is 3. The van der Waals surface area contributed by atoms with Crippen molar-refractivity contribution in [3.05, 3.63) is 35.5 Å². The first-order valence-corrected chi connectivity index (χ1v) is 9.74. The number of nitrogens with one attached hydrogen (secondary N) is 1. The van der Waals surface area contributed by atoms with Crippen molar-refractivity contribution >= 4 is 28.7 Å². The van der Waals surface area contributed by atoms with E-state index in [1.807, 2.05) is 6.20 Å². The summed E-state index contributed by atoms with van der Waals surface area (Å²) in [6.45, 7) is 8.19. The van der Waals surface area contributed by atoms with Crippen LogP contribution in [-0.2, 0) is 0 Å². The van der Waals surface area contributed by atoms with Crippen LogP contribution in [-0.4, -0.2) is 38.8 Å². The lowest BCUT2D eigenvalue weighted by Crippen LogP contribution is -2.48. The molecule has 6 nitrogen and oxygen atoms in total. The molecule has 0 spiro atoms. The fourth-order valence-corrected chi connectivity index (χ4v) is 4.19. The number of hydrogen-bond donors (Lipinski definition) is 2. The number of H-pyrrole nitrogens is 1. The molecule has 3 N–H and O–H groups in total. The van der Waals surface area contributed by atoms with Crippen molar-refractivity contribution in [2.75, 3.05) is 18.0 Å². The van der Waals surface area contributed by atoms with Crippen molar-refractivity contribution in [2.24, 2.45) is 5.73 Å². The zero-order valence-electron chi connectivity index (χ0n) is 15.4. The third-order valence-electron chi connectivity index (χ3n) is 5.22. The number of nitrogens with two attached hydrogens (primary N) is 1. The monoisotopic (exact) mass is 368 g/mol. The number of aromatic nitrogens is 4. The van der Waals surface area contributed by atoms with Gasteiger partial charge in [0.2, 0.25) is 0 Å². The molecular weight excluding hydrogens is 344 g/mol. The van der Waals surface area contributed by atoms with Crippen LogP contribution < -0.4 is 10.6 Å². The molecule has 1 saturated heterocycles. The molecule has 0 saturated carbocycles. The van der Waals surface area contributed by atoms with E-state index >= 15 is 0 Å². The molecule has 136 valence electrons. The summed E-state index contributed by atoms with van der Waals surface area (Å²) < 4.78 is 0. The summed E-state index contributed by atoms with van der Waals surface area (Å²) in [6, 6.07) is 6.32. The first-order valence-electron chi connectivity index (χ1n) is 8.92. The number of piperidine rings is 1. The van der Waals surface area contributed by atoms with Gasteiger partial charge < -0.3 is 10.6 Å². The number of hydrogen-bond acceptors (Lipinski definition) is 6. The summed E-state index contributed by atoms with van der Waals surface area (Å²) in [7, 11) is 0. The van der Waals surface area contributed by atoms with Crippen LogP contribution in [0.1, 0.15) is 30.9 Å². The molecule has 0 unspecified atom stereocenters. The van der Waals surface area contributed by atoms with Crippen LogP contribution in [0.15, 0.2) is 34.3 Å². The molecule has 26 heavy (non-hydrogen) atoms. The normalized spacial score (nSPS) is 17.0. The Kier molecular flexibility index (Phi) is 4.36. The third kappa shape index (κ3) is 3.29. The molecule has 2 aromatic heterocycles. The topological polar surface area (TPSA) is 83.7 Å². The molecule has 7 heteroatoms. The van der Waals surface area contributed by atoms with E-state index in [2.05, 4.69) is 59.1 Å². The molecule has 1 aromatic carbocycles. The Morgan fingerprint density at radius 3 is 2.77 bits per heavy atom. The Morgan fingerprint density at radius 2 is 2.00 bits per heavy atom. The van der Waals surface area contributed by atoms with E-state index in [0.717, 1.165) is 47.9 Å². The zero-order valence-corrected chi connectivity index (χ0v) is 16.2. The highest BCUT2D eigenvalue weighted by molar-refractivity contribution is 7.99. The van der Waals surface area contributed by atoms with Gasteiger partial charge in [0.15, 0.2) is 10.7 Å². The molecule has 1 fully saturated rings. The number of anilines is 1. The Bertz CT molecular complexity index is 938. The smallest absolute Gasteiger partial charge is 0.177 e. The van der Waals surface area contributed by atoms with Gasteiger partial charge in [0.05, 0.1) is 6.20 Å². The van der Waals surface area contributed by atoms with E-state index in [4.69, 9.17) is 10.7 Å². The maximum atomic E-state index is 6.23. The van der Waals surface area contributed by atoms with Crippen molar-refractivity contribution in [1.29, 1.82) is 0 Å². The molecule has 0 amide bonds. The Balaban J connectivity index is 1.59. The van der Waals surface area contributed by atoms with Gasteiger partial charge in [0.1, 0.15) is 11.3 Å². The number of fused-ring (bicyclic) bond motifs is 1. The lowest BCUT2D eigenvalue weighted by atomic mass is 9.91. The van der Waals surface area contributed by atoms with Crippen molar-refractivity contribution in [2.45, 2.75) is 49.1 Å². The second-order valence-electron chi connectivity index (χ2n) is 7.40. The van der Waals surface area contributed by atoms with E-state index < -0.39 is 0 Å². The Labute approximate surface area is 157 Å². The van der Waals surface area contributed by atoms with Gasteiger partial charge in [-0.15, -0.1) is 0 Å². The predicted molar refractivity (Wildman–Crippen MR) is 106 cm³/mol. The molecule has 1 aliphatic heterocycles. The zero-order chi connectivity index (χ0) is 18.3. The molecule has 0 radical (unpaired) electrons. The molecule has 3 heterocycles. The number of benzene rings is 1. The molecular formula is C19H24N6S. The van der Waals surface area contributed by atoms with E-state index in [1.165, 1.54) is 16.0 Å². The molecule has 0 aliphatic carbocycles. The van der Waals surface area contributed by atoms with E-state index in [9.17, 15) is 0 Å². The van der Waals surface area contributed by atoms with Crippen molar-refractivity contribution in [3.63, 3.8) is 0 Å². The van der Waals surface area contributed by atoms with Crippen LogP contribution in [0.2, 0.25) is 0 Å². The van der Waals surface area contributed by atoms with Gasteiger partial charge in [-0.25, -0.2) is 9.97 Å². The summed E-state index contributed by atoms with van der Waals surface area (Å²) in [6.07, 6.45) is 3.77. The minimum absolute atomic E-state index is 0.0719. The Morgan fingerprint density at radius 1 is 1.23 bits per heavy atom. The highest BCUT2D eigenvalue weighted by Crippen LogP contribution is 2.34. The van der Waals surface area contributed by atoms with Crippen molar-refractivity contribution in [1.82, 2.24) is 20.2 Å². The van der Waals surface area contributed by atoms with Gasteiger partial charge in [-0.05, 0) is 50.8 Å². The first-order chi connectivity index (χ1) is 12.4. The van der Waals surface area contributed by atoms with Crippen LogP contribution >= 0.6 is 11.8 Å². The third-order valence-corrected chi connectivity index (χ3v) is 6.36. The van der Waals surface area contributed by atoms with Gasteiger partial charge >= 0.3 is 0 Å². The number of aryl methyl sites for hydroxylation is 1. The van der Waals surface area contributed by atoms with Crippen molar-refractivity contribution < 1.29 is 0 Å². The van der Waals surface area contributed by atoms with Gasteiger partial charge in [-0.1, -0.05) is 23.9 Å². The number of aromatic amines is 1. The maximum Gasteiger partial charge on any atom is 0.177 e. The maximum absolute atomic E-state index is 6.23. The van der Waals surface area contributed by atoms with Crippen LogP contribution in [0.5, 0.6) is 0 Å². The van der Waals surface area contributed by atoms with Gasteiger partial charge in [0.25, 0.3) is 0 Å². The molecule has 4 rings (SSSR count). The van der Waals surface area contributed by atoms with Crippen LogP contribution in [0.25, 0.3) is 11.2 Å². The highest BCUT2D eigenvalue weighted by Gasteiger charge is 2.27. The Hall–Kier alpha value is -2.12. The molecule has 0 bridgehead atoms. The average Bonchev–Trinajstić information content (AvgIpc) is 3.01. The second-order valence-corrected chi connectivity index (χ2v) is 8.43. The molecule has 1 aliphatic rings. The van der Waals surface area contributed by atoms with E-state index in [0.29, 0.717) is 0 Å². The standard InChI is InChI=1S/C19H24N6S/c1-12-5-4-6-14(13(12)2)26-18-16-17(23-24-18)22-15(11-21-16)25-9-7-19(3,20)8-10-25/h4-6,11H,7-10,20H2,1-3H3,(H,22,23,24). The predicted octanol–water partition coefficient (Wildman–Crippen LogP) is 3.44. The van der Waals surface area contributed by atoms with Gasteiger partial charge in [0, 0.05) is 23.5 Å². The van der Waals surface area contributed by atoms with E-state index in [-0.39, 0.29) is 5.54 Å². The summed E-state index contributed by atoms with van der Waals surface area (Å²) >= 11 is 1.63. The van der Waals surface area contributed by atoms with Crippen LogP contribution in [0.4, 0.5) is 5.82 Å². The first kappa shape index (κ1) is 17.3. The quantitative estimate of drug-likeness (QED) is 0.737. The summed E-state index contributed by atoms with van der Waals surface area (Å²) in [5.74, 6) is 0.889. The summed E-state index contributed by atoms with van der Waals surface area (Å²) in [5, 5.41) is 8.35. The number of nitrogens with zero attached hydrogens (tertiary/aromatic N) is 4. The fourth-order valence-electron chi connectivity index (χ4n) is 3.18. The van der Waals surface area contributed by atoms with Gasteiger partial charge in [-0.2, -0.15) is 5.10 Å². The fraction of sp³-hybridized carbons (Fsp3) is 0.421.